The molecular weight excluding hydrogens is 232 g/mol. The first-order valence-electron chi connectivity index (χ1n) is 7.21. The van der Waals surface area contributed by atoms with Crippen molar-refractivity contribution in [3.05, 3.63) is 48.0 Å². The van der Waals surface area contributed by atoms with Crippen LogP contribution in [0, 0.1) is 0 Å². The predicted octanol–water partition coefficient (Wildman–Crippen LogP) is 3.02. The van der Waals surface area contributed by atoms with Gasteiger partial charge in [0, 0.05) is 19.1 Å². The van der Waals surface area contributed by atoms with Crippen LogP contribution < -0.4 is 5.32 Å². The highest BCUT2D eigenvalue weighted by atomic mass is 15.2. The number of piperidine rings is 1. The monoisotopic (exact) mass is 254 g/mol. The minimum absolute atomic E-state index is 0.681. The molecule has 1 fully saturated rings. The van der Waals surface area contributed by atoms with E-state index in [0.717, 1.165) is 13.1 Å². The molecule has 3 rings (SSSR count). The van der Waals surface area contributed by atoms with Gasteiger partial charge in [0.2, 0.25) is 0 Å². The van der Waals surface area contributed by atoms with E-state index >= 15 is 0 Å². The Labute approximate surface area is 115 Å². The summed E-state index contributed by atoms with van der Waals surface area (Å²) in [5.41, 5.74) is 1.41. The lowest BCUT2D eigenvalue weighted by atomic mass is 10.0. The fourth-order valence-electron chi connectivity index (χ4n) is 2.96. The van der Waals surface area contributed by atoms with Crippen LogP contribution >= 0.6 is 0 Å². The van der Waals surface area contributed by atoms with Crippen molar-refractivity contribution in [3.63, 3.8) is 0 Å². The topological polar surface area (TPSA) is 15.3 Å². The van der Waals surface area contributed by atoms with Crippen LogP contribution in [0.1, 0.15) is 18.4 Å². The molecule has 1 N–H and O–H groups in total. The van der Waals surface area contributed by atoms with Crippen molar-refractivity contribution < 1.29 is 0 Å². The number of nitrogens with one attached hydrogen (secondary N) is 1. The van der Waals surface area contributed by atoms with Crippen molar-refractivity contribution in [2.24, 2.45) is 0 Å². The fraction of sp³-hybridized carbons (Fsp3) is 0.412. The number of likely N-dealkylation sites (N-methyl/N-ethyl adjacent to an activating group) is 1. The summed E-state index contributed by atoms with van der Waals surface area (Å²) < 4.78 is 0. The Morgan fingerprint density at radius 3 is 2.79 bits per heavy atom. The molecule has 1 unspecified atom stereocenters. The summed E-state index contributed by atoms with van der Waals surface area (Å²) >= 11 is 0. The molecule has 0 aromatic heterocycles. The first kappa shape index (κ1) is 12.6. The molecule has 1 heterocycles. The van der Waals surface area contributed by atoms with Crippen LogP contribution in [0.5, 0.6) is 0 Å². The van der Waals surface area contributed by atoms with E-state index in [1.54, 1.807) is 0 Å². The van der Waals surface area contributed by atoms with E-state index in [-0.39, 0.29) is 0 Å². The Morgan fingerprint density at radius 1 is 1.16 bits per heavy atom. The Hall–Kier alpha value is -1.38. The maximum Gasteiger partial charge on any atom is 0.0234 e. The van der Waals surface area contributed by atoms with Gasteiger partial charge in [0.1, 0.15) is 0 Å². The molecule has 0 spiro atoms. The molecule has 0 amide bonds. The molecule has 2 heteroatoms. The number of rotatable bonds is 3. The second kappa shape index (κ2) is 5.72. The third-order valence-electron chi connectivity index (χ3n) is 4.14. The second-order valence-electron chi connectivity index (χ2n) is 5.60. The second-order valence-corrected chi connectivity index (χ2v) is 5.60. The molecular formula is C17H22N2. The van der Waals surface area contributed by atoms with Crippen molar-refractivity contribution in [1.29, 1.82) is 0 Å². The van der Waals surface area contributed by atoms with Crippen LogP contribution in [-0.2, 0) is 6.54 Å². The molecule has 1 aliphatic heterocycles. The zero-order chi connectivity index (χ0) is 13.1. The molecule has 0 saturated carbocycles. The number of benzene rings is 2. The van der Waals surface area contributed by atoms with Crippen LogP contribution in [-0.4, -0.2) is 31.1 Å². The number of hydrogen-bond donors (Lipinski definition) is 1. The summed E-state index contributed by atoms with van der Waals surface area (Å²) in [5.74, 6) is 0. The van der Waals surface area contributed by atoms with E-state index in [1.165, 1.54) is 35.7 Å². The van der Waals surface area contributed by atoms with Gasteiger partial charge in [0.25, 0.3) is 0 Å². The molecule has 1 aliphatic rings. The number of hydrogen-bond acceptors (Lipinski definition) is 2. The normalized spacial score (nSPS) is 20.0. The van der Waals surface area contributed by atoms with Gasteiger partial charge < -0.3 is 5.32 Å². The highest BCUT2D eigenvalue weighted by Crippen LogP contribution is 2.18. The summed E-state index contributed by atoms with van der Waals surface area (Å²) in [7, 11) is 2.24. The molecule has 2 aromatic carbocycles. The molecule has 19 heavy (non-hydrogen) atoms. The Morgan fingerprint density at radius 2 is 2.00 bits per heavy atom. The zero-order valence-electron chi connectivity index (χ0n) is 11.6. The lowest BCUT2D eigenvalue weighted by Crippen LogP contribution is -2.43. The predicted molar refractivity (Wildman–Crippen MR) is 81.3 cm³/mol. The molecule has 1 saturated heterocycles. The molecule has 1 atom stereocenters. The quantitative estimate of drug-likeness (QED) is 0.905. The van der Waals surface area contributed by atoms with E-state index in [9.17, 15) is 0 Å². The molecule has 2 aromatic rings. The third-order valence-corrected chi connectivity index (χ3v) is 4.14. The highest BCUT2D eigenvalue weighted by molar-refractivity contribution is 5.82. The average molecular weight is 254 g/mol. The van der Waals surface area contributed by atoms with Gasteiger partial charge in [-0.1, -0.05) is 36.4 Å². The Kier molecular flexibility index (Phi) is 3.81. The summed E-state index contributed by atoms with van der Waals surface area (Å²) in [6, 6.07) is 16.1. The summed E-state index contributed by atoms with van der Waals surface area (Å²) in [6.07, 6.45) is 2.61. The van der Waals surface area contributed by atoms with Crippen LogP contribution in [0.25, 0.3) is 10.8 Å². The van der Waals surface area contributed by atoms with Gasteiger partial charge in [-0.25, -0.2) is 0 Å². The maximum atomic E-state index is 3.49. The van der Waals surface area contributed by atoms with Gasteiger partial charge in [0.15, 0.2) is 0 Å². The van der Waals surface area contributed by atoms with Gasteiger partial charge in [0.05, 0.1) is 0 Å². The molecule has 2 nitrogen and oxygen atoms in total. The highest BCUT2D eigenvalue weighted by Gasteiger charge is 2.17. The van der Waals surface area contributed by atoms with Crippen molar-refractivity contribution >= 4 is 10.8 Å². The summed E-state index contributed by atoms with van der Waals surface area (Å²) in [6.45, 7) is 3.35. The lowest BCUT2D eigenvalue weighted by molar-refractivity contribution is 0.196. The van der Waals surface area contributed by atoms with Gasteiger partial charge in [-0.2, -0.15) is 0 Å². The largest absolute Gasteiger partial charge is 0.315 e. The smallest absolute Gasteiger partial charge is 0.0234 e. The first-order chi connectivity index (χ1) is 9.33. The standard InChI is InChI=1S/C17H22N2/c1-19(17-7-4-10-18-12-17)13-14-8-9-15-5-2-3-6-16(15)11-14/h2-3,5-6,8-9,11,17-18H,4,7,10,12-13H2,1H3. The van der Waals surface area contributed by atoms with E-state index in [1.807, 2.05) is 0 Å². The molecule has 0 bridgehead atoms. The van der Waals surface area contributed by atoms with E-state index in [2.05, 4.69) is 59.7 Å². The molecule has 100 valence electrons. The van der Waals surface area contributed by atoms with Crippen molar-refractivity contribution in [2.75, 3.05) is 20.1 Å². The Bertz CT molecular complexity index is 544. The van der Waals surface area contributed by atoms with Crippen molar-refractivity contribution in [3.8, 4) is 0 Å². The summed E-state index contributed by atoms with van der Waals surface area (Å²) in [5, 5.41) is 6.16. The van der Waals surface area contributed by atoms with Crippen molar-refractivity contribution in [1.82, 2.24) is 10.2 Å². The number of nitrogens with zero attached hydrogens (tertiary/aromatic N) is 1. The summed E-state index contributed by atoms with van der Waals surface area (Å²) in [4.78, 5) is 2.48. The Balaban J connectivity index is 1.73. The fourth-order valence-corrected chi connectivity index (χ4v) is 2.96. The SMILES string of the molecule is CN(Cc1ccc2ccccc2c1)C1CCCNC1. The van der Waals surface area contributed by atoms with E-state index in [4.69, 9.17) is 0 Å². The zero-order valence-corrected chi connectivity index (χ0v) is 11.6. The molecule has 0 aliphatic carbocycles. The first-order valence-corrected chi connectivity index (χ1v) is 7.21. The minimum Gasteiger partial charge on any atom is -0.315 e. The minimum atomic E-state index is 0.681. The third kappa shape index (κ3) is 2.96. The van der Waals surface area contributed by atoms with Crippen LogP contribution in [0.4, 0.5) is 0 Å². The number of fused-ring (bicyclic) bond motifs is 1. The van der Waals surface area contributed by atoms with Gasteiger partial charge in [-0.3, -0.25) is 4.90 Å². The molecule has 0 radical (unpaired) electrons. The maximum absolute atomic E-state index is 3.49. The average Bonchev–Trinajstić information content (AvgIpc) is 2.48. The lowest BCUT2D eigenvalue weighted by Gasteiger charge is -2.31. The van der Waals surface area contributed by atoms with Crippen LogP contribution in [0.3, 0.4) is 0 Å². The van der Waals surface area contributed by atoms with Crippen LogP contribution in [0.15, 0.2) is 42.5 Å². The van der Waals surface area contributed by atoms with E-state index < -0.39 is 0 Å². The van der Waals surface area contributed by atoms with Gasteiger partial charge in [-0.15, -0.1) is 0 Å². The van der Waals surface area contributed by atoms with Crippen LogP contribution in [0.2, 0.25) is 0 Å². The van der Waals surface area contributed by atoms with Gasteiger partial charge in [-0.05, 0) is 48.8 Å². The van der Waals surface area contributed by atoms with E-state index in [0.29, 0.717) is 6.04 Å². The van der Waals surface area contributed by atoms with Gasteiger partial charge >= 0.3 is 0 Å². The van der Waals surface area contributed by atoms with Crippen molar-refractivity contribution in [2.45, 2.75) is 25.4 Å².